The number of carbonyl (C=O) groups is 1. The molecule has 0 N–H and O–H groups in total. The first kappa shape index (κ1) is 18.2. The van der Waals surface area contributed by atoms with E-state index in [9.17, 15) is 9.36 Å². The molecule has 1 aromatic carbocycles. The fraction of sp³-hybridized carbons (Fsp3) is 0.588. The Hall–Kier alpha value is -1.16. The highest BCUT2D eigenvalue weighted by Crippen LogP contribution is 2.51. The smallest absolute Gasteiger partial charge is 0.331 e. The van der Waals surface area contributed by atoms with Crippen LogP contribution in [0, 0.1) is 11.8 Å². The van der Waals surface area contributed by atoms with Crippen molar-refractivity contribution in [2.45, 2.75) is 20.8 Å². The molecule has 5 nitrogen and oxygen atoms in total. The Morgan fingerprint density at radius 2 is 1.78 bits per heavy atom. The first-order valence-electron chi connectivity index (χ1n) is 8.21. The minimum absolute atomic E-state index is 0.0302. The molecule has 23 heavy (non-hydrogen) atoms. The molecule has 2 atom stereocenters. The molecular weight excluding hydrogens is 313 g/mol. The van der Waals surface area contributed by atoms with E-state index < -0.39 is 7.60 Å². The molecule has 1 heterocycles. The summed E-state index contributed by atoms with van der Waals surface area (Å²) < 4.78 is 23.5. The molecule has 0 radical (unpaired) electrons. The van der Waals surface area contributed by atoms with Gasteiger partial charge in [0.15, 0.2) is 0 Å². The Balaban J connectivity index is 2.03. The first-order valence-corrected chi connectivity index (χ1v) is 9.94. The van der Waals surface area contributed by atoms with Gasteiger partial charge in [0.2, 0.25) is 0 Å². The second-order valence-electron chi connectivity index (χ2n) is 5.94. The number of hydrogen-bond acceptors (Lipinski definition) is 4. The second-order valence-corrected chi connectivity index (χ2v) is 8.05. The van der Waals surface area contributed by atoms with Gasteiger partial charge in [-0.3, -0.25) is 9.36 Å². The van der Waals surface area contributed by atoms with E-state index in [1.165, 1.54) is 0 Å². The molecule has 6 heteroatoms. The zero-order valence-corrected chi connectivity index (χ0v) is 15.0. The van der Waals surface area contributed by atoms with Crippen molar-refractivity contribution in [2.75, 3.05) is 32.5 Å². The lowest BCUT2D eigenvalue weighted by Crippen LogP contribution is -2.29. The number of hydrogen-bond donors (Lipinski definition) is 0. The summed E-state index contributed by atoms with van der Waals surface area (Å²) in [5.74, 6) is 0.436. The van der Waals surface area contributed by atoms with Crippen molar-refractivity contribution >= 4 is 13.5 Å². The maximum atomic E-state index is 12.7. The van der Waals surface area contributed by atoms with Crippen molar-refractivity contribution in [3.8, 4) is 0 Å². The van der Waals surface area contributed by atoms with E-state index in [2.05, 4.69) is 6.92 Å². The first-order chi connectivity index (χ1) is 11.0. The minimum atomic E-state index is -3.07. The van der Waals surface area contributed by atoms with Gasteiger partial charge >= 0.3 is 7.60 Å². The summed E-state index contributed by atoms with van der Waals surface area (Å²) in [6.45, 7) is 7.72. The second kappa shape index (κ2) is 8.09. The average molecular weight is 339 g/mol. The third kappa shape index (κ3) is 4.66. The normalized spacial score (nSPS) is 21.6. The van der Waals surface area contributed by atoms with E-state index in [0.29, 0.717) is 38.0 Å². The summed E-state index contributed by atoms with van der Waals surface area (Å²) in [5.41, 5.74) is 0.693. The van der Waals surface area contributed by atoms with Gasteiger partial charge in [0.05, 0.1) is 19.4 Å². The minimum Gasteiger partial charge on any atom is -0.338 e. The molecule has 1 aromatic rings. The maximum absolute atomic E-state index is 12.7. The van der Waals surface area contributed by atoms with E-state index in [4.69, 9.17) is 9.05 Å². The average Bonchev–Trinajstić information content (AvgIpc) is 2.88. The van der Waals surface area contributed by atoms with Crippen LogP contribution in [0.15, 0.2) is 30.3 Å². The fourth-order valence-corrected chi connectivity index (χ4v) is 5.15. The molecule has 1 fully saturated rings. The molecule has 1 amide bonds. The molecule has 2 rings (SSSR count). The van der Waals surface area contributed by atoms with Crippen molar-refractivity contribution in [1.29, 1.82) is 0 Å². The molecule has 0 aliphatic carbocycles. The van der Waals surface area contributed by atoms with Gasteiger partial charge in [-0.15, -0.1) is 0 Å². The summed E-state index contributed by atoms with van der Waals surface area (Å²) >= 11 is 0. The molecule has 1 aliphatic heterocycles. The van der Waals surface area contributed by atoms with E-state index in [0.717, 1.165) is 0 Å². The van der Waals surface area contributed by atoms with Gasteiger partial charge in [0, 0.05) is 18.7 Å². The van der Waals surface area contributed by atoms with Gasteiger partial charge in [-0.1, -0.05) is 25.1 Å². The summed E-state index contributed by atoms with van der Waals surface area (Å²) in [6.07, 6.45) is 0.369. The van der Waals surface area contributed by atoms with E-state index in [-0.39, 0.29) is 17.7 Å². The van der Waals surface area contributed by atoms with Crippen LogP contribution in [0.3, 0.4) is 0 Å². The lowest BCUT2D eigenvalue weighted by Gasteiger charge is -2.22. The van der Waals surface area contributed by atoms with Crippen LogP contribution in [0.4, 0.5) is 0 Å². The molecule has 1 saturated heterocycles. The van der Waals surface area contributed by atoms with Gasteiger partial charge in [0.25, 0.3) is 5.91 Å². The Morgan fingerprint density at radius 3 is 2.35 bits per heavy atom. The van der Waals surface area contributed by atoms with Crippen LogP contribution in [0.2, 0.25) is 0 Å². The monoisotopic (exact) mass is 339 g/mol. The number of amides is 1. The van der Waals surface area contributed by atoms with Gasteiger partial charge in [-0.25, -0.2) is 0 Å². The largest absolute Gasteiger partial charge is 0.338 e. The van der Waals surface area contributed by atoms with Crippen LogP contribution in [0.1, 0.15) is 31.1 Å². The van der Waals surface area contributed by atoms with Crippen molar-refractivity contribution in [3.63, 3.8) is 0 Å². The third-order valence-corrected chi connectivity index (χ3v) is 6.41. The summed E-state index contributed by atoms with van der Waals surface area (Å²) in [5, 5.41) is 0. The molecule has 2 unspecified atom stereocenters. The molecule has 0 spiro atoms. The highest BCUT2D eigenvalue weighted by atomic mass is 31.2. The van der Waals surface area contributed by atoms with Crippen LogP contribution in [0.5, 0.6) is 0 Å². The summed E-state index contributed by atoms with van der Waals surface area (Å²) in [6, 6.07) is 9.27. The van der Waals surface area contributed by atoms with Gasteiger partial charge < -0.3 is 13.9 Å². The van der Waals surface area contributed by atoms with Crippen molar-refractivity contribution in [2.24, 2.45) is 11.8 Å². The molecule has 0 saturated carbocycles. The van der Waals surface area contributed by atoms with Crippen LogP contribution in [-0.2, 0) is 13.6 Å². The molecular formula is C17H26NO4P. The van der Waals surface area contributed by atoms with E-state index in [1.807, 2.05) is 49.1 Å². The van der Waals surface area contributed by atoms with Gasteiger partial charge in [-0.05, 0) is 37.8 Å². The van der Waals surface area contributed by atoms with Crippen LogP contribution in [-0.4, -0.2) is 43.3 Å². The summed E-state index contributed by atoms with van der Waals surface area (Å²) in [7, 11) is -3.07. The van der Waals surface area contributed by atoms with Crippen LogP contribution < -0.4 is 0 Å². The quantitative estimate of drug-likeness (QED) is 0.712. The molecule has 128 valence electrons. The maximum Gasteiger partial charge on any atom is 0.331 e. The number of carbonyl (C=O) groups excluding carboxylic acids is 1. The van der Waals surface area contributed by atoms with Gasteiger partial charge in [-0.2, -0.15) is 0 Å². The third-order valence-electron chi connectivity index (χ3n) is 4.19. The highest BCUT2D eigenvalue weighted by molar-refractivity contribution is 7.53. The number of rotatable bonds is 7. The number of likely N-dealkylation sites (tertiary alicyclic amines) is 1. The Bertz CT molecular complexity index is 553. The molecule has 0 bridgehead atoms. The lowest BCUT2D eigenvalue weighted by molar-refractivity contribution is 0.0784. The van der Waals surface area contributed by atoms with Crippen molar-refractivity contribution in [3.05, 3.63) is 35.9 Å². The lowest BCUT2D eigenvalue weighted by atomic mass is 10.0. The van der Waals surface area contributed by atoms with E-state index in [1.54, 1.807) is 0 Å². The predicted molar refractivity (Wildman–Crippen MR) is 90.7 cm³/mol. The van der Waals surface area contributed by atoms with Crippen LogP contribution >= 0.6 is 7.60 Å². The van der Waals surface area contributed by atoms with Crippen molar-refractivity contribution < 1.29 is 18.4 Å². The van der Waals surface area contributed by atoms with Gasteiger partial charge in [0.1, 0.15) is 0 Å². The number of benzene rings is 1. The SMILES string of the molecule is CCOP(=O)(CC1CN(C(=O)c2ccccc2)CC1C)OCC. The Morgan fingerprint density at radius 1 is 1.17 bits per heavy atom. The standard InChI is InChI=1S/C17H26NO4P/c1-4-21-23(20,22-5-2)13-16-12-18(11-14(16)3)17(19)15-9-7-6-8-10-15/h6-10,14,16H,4-5,11-13H2,1-3H3. The number of nitrogens with zero attached hydrogens (tertiary/aromatic N) is 1. The Labute approximate surface area is 138 Å². The summed E-state index contributed by atoms with van der Waals surface area (Å²) in [4.78, 5) is 14.4. The zero-order valence-electron chi connectivity index (χ0n) is 14.1. The predicted octanol–water partition coefficient (Wildman–Crippen LogP) is 3.66. The topological polar surface area (TPSA) is 55.8 Å². The zero-order chi connectivity index (χ0) is 16.9. The molecule has 1 aliphatic rings. The fourth-order valence-electron chi connectivity index (χ4n) is 3.02. The van der Waals surface area contributed by atoms with E-state index >= 15 is 0 Å². The Kier molecular flexibility index (Phi) is 6.40. The molecule has 0 aromatic heterocycles. The van der Waals surface area contributed by atoms with Crippen molar-refractivity contribution in [1.82, 2.24) is 4.90 Å². The highest BCUT2D eigenvalue weighted by Gasteiger charge is 2.38. The van der Waals surface area contributed by atoms with Crippen LogP contribution in [0.25, 0.3) is 0 Å².